The molecule has 2 N–H and O–H groups in total. The predicted octanol–water partition coefficient (Wildman–Crippen LogP) is 3.17. The number of nitrogens with zero attached hydrogens (tertiary/aromatic N) is 1. The highest BCUT2D eigenvalue weighted by Crippen LogP contribution is 2.46. The number of halogens is 1. The summed E-state index contributed by atoms with van der Waals surface area (Å²) in [6, 6.07) is 7.02. The molecule has 0 aliphatic heterocycles. The molecule has 1 aromatic rings. The topological polar surface area (TPSA) is 29.3 Å². The molecule has 2 nitrogen and oxygen atoms in total. The molecule has 0 bridgehead atoms. The average molecular weight is 250 g/mol. The average Bonchev–Trinajstić information content (AvgIpc) is 3.22. The smallest absolute Gasteiger partial charge is 0.146 e. The minimum atomic E-state index is -0.147. The Morgan fingerprint density at radius 1 is 1.33 bits per heavy atom. The van der Waals surface area contributed by atoms with Gasteiger partial charge >= 0.3 is 0 Å². The predicted molar refractivity (Wildman–Crippen MR) is 74.2 cm³/mol. The van der Waals surface area contributed by atoms with Crippen molar-refractivity contribution < 1.29 is 4.39 Å². The van der Waals surface area contributed by atoms with Gasteiger partial charge in [0.15, 0.2) is 0 Å². The van der Waals surface area contributed by atoms with Gasteiger partial charge in [0, 0.05) is 13.1 Å². The molecule has 100 valence electrons. The minimum Gasteiger partial charge on any atom is -0.362 e. The monoisotopic (exact) mass is 250 g/mol. The Balaban J connectivity index is 2.40. The van der Waals surface area contributed by atoms with Crippen LogP contribution in [0.5, 0.6) is 0 Å². The molecule has 2 rings (SSSR count). The molecule has 18 heavy (non-hydrogen) atoms. The molecule has 1 unspecified atom stereocenters. The number of rotatable bonds is 6. The SMILES string of the molecule is CCN(c1ccccc1F)C(CC)(CN)C1CC1. The summed E-state index contributed by atoms with van der Waals surface area (Å²) >= 11 is 0. The third-order valence-corrected chi connectivity index (χ3v) is 4.30. The van der Waals surface area contributed by atoms with Crippen molar-refractivity contribution in [2.24, 2.45) is 11.7 Å². The fourth-order valence-electron chi connectivity index (χ4n) is 3.14. The molecule has 3 heteroatoms. The van der Waals surface area contributed by atoms with Gasteiger partial charge in [-0.15, -0.1) is 0 Å². The van der Waals surface area contributed by atoms with Crippen LogP contribution >= 0.6 is 0 Å². The molecule has 1 saturated carbocycles. The maximum atomic E-state index is 14.0. The first-order valence-electron chi connectivity index (χ1n) is 6.91. The van der Waals surface area contributed by atoms with Gasteiger partial charge in [0.1, 0.15) is 5.82 Å². The van der Waals surface area contributed by atoms with Crippen LogP contribution in [0.4, 0.5) is 10.1 Å². The van der Waals surface area contributed by atoms with Gasteiger partial charge in [0.25, 0.3) is 0 Å². The van der Waals surface area contributed by atoms with E-state index in [2.05, 4.69) is 18.7 Å². The number of anilines is 1. The summed E-state index contributed by atoms with van der Waals surface area (Å²) < 4.78 is 14.0. The van der Waals surface area contributed by atoms with E-state index in [1.165, 1.54) is 18.9 Å². The number of hydrogen-bond donors (Lipinski definition) is 1. The first-order valence-corrected chi connectivity index (χ1v) is 6.91. The quantitative estimate of drug-likeness (QED) is 0.840. The largest absolute Gasteiger partial charge is 0.362 e. The standard InChI is InChI=1S/C15H23FN2/c1-3-15(11-17,12-9-10-12)18(4-2)14-8-6-5-7-13(14)16/h5-8,12H,3-4,9-11,17H2,1-2H3. The summed E-state index contributed by atoms with van der Waals surface area (Å²) in [6.07, 6.45) is 3.41. The van der Waals surface area contributed by atoms with Crippen LogP contribution in [0.15, 0.2) is 24.3 Å². The van der Waals surface area contributed by atoms with Gasteiger partial charge in [-0.05, 0) is 44.2 Å². The highest BCUT2D eigenvalue weighted by Gasteiger charge is 2.47. The van der Waals surface area contributed by atoms with Gasteiger partial charge in [-0.1, -0.05) is 19.1 Å². The third kappa shape index (κ3) is 2.12. The molecule has 0 heterocycles. The zero-order valence-corrected chi connectivity index (χ0v) is 11.3. The van der Waals surface area contributed by atoms with Crippen LogP contribution in [0.25, 0.3) is 0 Å². The van der Waals surface area contributed by atoms with Crippen molar-refractivity contribution in [2.75, 3.05) is 18.0 Å². The van der Waals surface area contributed by atoms with Crippen molar-refractivity contribution in [1.29, 1.82) is 0 Å². The van der Waals surface area contributed by atoms with Gasteiger partial charge in [-0.3, -0.25) is 0 Å². The van der Waals surface area contributed by atoms with Crippen LogP contribution in [0.3, 0.4) is 0 Å². The van der Waals surface area contributed by atoms with Crippen LogP contribution in [-0.2, 0) is 0 Å². The van der Waals surface area contributed by atoms with E-state index >= 15 is 0 Å². The Morgan fingerprint density at radius 3 is 2.44 bits per heavy atom. The van der Waals surface area contributed by atoms with Gasteiger partial charge in [0.05, 0.1) is 11.2 Å². The molecule has 1 atom stereocenters. The summed E-state index contributed by atoms with van der Waals surface area (Å²) in [6.45, 7) is 5.63. The first-order chi connectivity index (χ1) is 8.69. The van der Waals surface area contributed by atoms with E-state index in [0.717, 1.165) is 13.0 Å². The van der Waals surface area contributed by atoms with E-state index in [1.54, 1.807) is 6.07 Å². The van der Waals surface area contributed by atoms with Gasteiger partial charge < -0.3 is 10.6 Å². The molecule has 1 aliphatic carbocycles. The van der Waals surface area contributed by atoms with Gasteiger partial charge in [-0.2, -0.15) is 0 Å². The second kappa shape index (κ2) is 5.27. The first kappa shape index (κ1) is 13.3. The van der Waals surface area contributed by atoms with Crippen LogP contribution in [0, 0.1) is 11.7 Å². The van der Waals surface area contributed by atoms with E-state index in [0.29, 0.717) is 18.2 Å². The number of benzene rings is 1. The van der Waals surface area contributed by atoms with Crippen molar-refractivity contribution in [1.82, 2.24) is 0 Å². The van der Waals surface area contributed by atoms with Crippen molar-refractivity contribution >= 4 is 5.69 Å². The van der Waals surface area contributed by atoms with Crippen molar-refractivity contribution in [3.05, 3.63) is 30.1 Å². The van der Waals surface area contributed by atoms with Crippen LogP contribution in [0.1, 0.15) is 33.1 Å². The van der Waals surface area contributed by atoms with E-state index in [-0.39, 0.29) is 11.4 Å². The highest BCUT2D eigenvalue weighted by atomic mass is 19.1. The van der Waals surface area contributed by atoms with Crippen molar-refractivity contribution in [2.45, 2.75) is 38.6 Å². The van der Waals surface area contributed by atoms with E-state index < -0.39 is 0 Å². The molecular weight excluding hydrogens is 227 g/mol. The lowest BCUT2D eigenvalue weighted by molar-refractivity contribution is 0.334. The zero-order valence-electron chi connectivity index (χ0n) is 11.3. The fraction of sp³-hybridized carbons (Fsp3) is 0.600. The number of likely N-dealkylation sites (N-methyl/N-ethyl adjacent to an activating group) is 1. The maximum Gasteiger partial charge on any atom is 0.146 e. The number of para-hydroxylation sites is 1. The lowest BCUT2D eigenvalue weighted by Crippen LogP contribution is -2.56. The van der Waals surface area contributed by atoms with Gasteiger partial charge in [0.2, 0.25) is 0 Å². The molecule has 0 amide bonds. The summed E-state index contributed by atoms with van der Waals surface area (Å²) in [5.41, 5.74) is 6.68. The second-order valence-electron chi connectivity index (χ2n) is 5.13. The molecular formula is C15H23FN2. The third-order valence-electron chi connectivity index (χ3n) is 4.30. The molecule has 1 aromatic carbocycles. The lowest BCUT2D eigenvalue weighted by atomic mass is 9.87. The van der Waals surface area contributed by atoms with Gasteiger partial charge in [-0.25, -0.2) is 4.39 Å². The Labute approximate surface area is 109 Å². The van der Waals surface area contributed by atoms with Crippen LogP contribution in [-0.4, -0.2) is 18.6 Å². The summed E-state index contributed by atoms with van der Waals surface area (Å²) in [5.74, 6) is 0.471. The highest BCUT2D eigenvalue weighted by molar-refractivity contribution is 5.51. The van der Waals surface area contributed by atoms with E-state index in [9.17, 15) is 4.39 Å². The zero-order chi connectivity index (χ0) is 13.2. The number of nitrogens with two attached hydrogens (primary N) is 1. The summed E-state index contributed by atoms with van der Waals surface area (Å²) in [7, 11) is 0. The van der Waals surface area contributed by atoms with Crippen LogP contribution < -0.4 is 10.6 Å². The Morgan fingerprint density at radius 2 is 2.00 bits per heavy atom. The van der Waals surface area contributed by atoms with Crippen molar-refractivity contribution in [3.63, 3.8) is 0 Å². The molecule has 0 radical (unpaired) electrons. The Kier molecular flexibility index (Phi) is 3.91. The van der Waals surface area contributed by atoms with E-state index in [4.69, 9.17) is 5.73 Å². The molecule has 0 saturated heterocycles. The Bertz CT molecular complexity index is 397. The normalized spacial score (nSPS) is 18.4. The maximum absolute atomic E-state index is 14.0. The number of hydrogen-bond acceptors (Lipinski definition) is 2. The second-order valence-corrected chi connectivity index (χ2v) is 5.13. The molecule has 0 aromatic heterocycles. The van der Waals surface area contributed by atoms with Crippen LogP contribution in [0.2, 0.25) is 0 Å². The molecule has 1 aliphatic rings. The van der Waals surface area contributed by atoms with E-state index in [1.807, 2.05) is 12.1 Å². The molecule has 0 spiro atoms. The van der Waals surface area contributed by atoms with Crippen molar-refractivity contribution in [3.8, 4) is 0 Å². The summed E-state index contributed by atoms with van der Waals surface area (Å²) in [5, 5.41) is 0. The summed E-state index contributed by atoms with van der Waals surface area (Å²) in [4.78, 5) is 2.18. The lowest BCUT2D eigenvalue weighted by Gasteiger charge is -2.45. The Hall–Kier alpha value is -1.09. The minimum absolute atomic E-state index is 0.0725. The fourth-order valence-corrected chi connectivity index (χ4v) is 3.14. The molecule has 1 fully saturated rings.